The molecule has 0 saturated carbocycles. The van der Waals surface area contributed by atoms with Gasteiger partial charge in [-0.3, -0.25) is 4.79 Å². The molecule has 4 heterocycles. The van der Waals surface area contributed by atoms with E-state index in [-0.39, 0.29) is 34.8 Å². The first kappa shape index (κ1) is 26.7. The maximum absolute atomic E-state index is 13.0. The maximum Gasteiger partial charge on any atom is 0.348 e. The normalized spacial score (nSPS) is 18.1. The Morgan fingerprint density at radius 2 is 2.17 bits per heavy atom. The van der Waals surface area contributed by atoms with Crippen LogP contribution >= 0.6 is 38.9 Å². The molecule has 3 aromatic heterocycles. The fourth-order valence-corrected chi connectivity index (χ4v) is 5.80. The summed E-state index contributed by atoms with van der Waals surface area (Å²) in [5.41, 5.74) is 1.46. The highest BCUT2D eigenvalue weighted by atomic mass is 79.9. The monoisotopic (exact) mass is 600 g/mol. The minimum atomic E-state index is -1.08. The third kappa shape index (κ3) is 5.35. The van der Waals surface area contributed by atoms with Gasteiger partial charge < -0.3 is 24.5 Å². The predicted octanol–water partition coefficient (Wildman–Crippen LogP) is 3.91. The molecule has 11 nitrogen and oxygen atoms in total. The summed E-state index contributed by atoms with van der Waals surface area (Å²) in [5, 5.41) is 14.9. The van der Waals surface area contributed by atoms with Gasteiger partial charge in [0.05, 0.1) is 28.8 Å². The number of piperidine rings is 1. The first-order valence-electron chi connectivity index (χ1n) is 11.2. The Morgan fingerprint density at radius 3 is 2.81 bits per heavy atom. The number of ketones is 1. The van der Waals surface area contributed by atoms with Gasteiger partial charge in [-0.1, -0.05) is 22.9 Å². The van der Waals surface area contributed by atoms with Crippen molar-refractivity contribution in [3.63, 3.8) is 0 Å². The van der Waals surface area contributed by atoms with Crippen LogP contribution in [0.5, 0.6) is 0 Å². The minimum Gasteiger partial charge on any atom is -0.477 e. The van der Waals surface area contributed by atoms with Crippen LogP contribution in [0.1, 0.15) is 38.7 Å². The van der Waals surface area contributed by atoms with Crippen LogP contribution in [0.3, 0.4) is 0 Å². The van der Waals surface area contributed by atoms with Crippen LogP contribution in [0, 0.1) is 12.8 Å². The number of thiazole rings is 1. The van der Waals surface area contributed by atoms with E-state index in [0.717, 1.165) is 17.0 Å². The number of Topliss-reactive ketones (excluding diaryl/α,β-unsaturated/α-hetero) is 1. The lowest BCUT2D eigenvalue weighted by atomic mass is 9.88. The average Bonchev–Trinajstić information content (AvgIpc) is 3.57. The molecular weight excluding hydrogens is 576 g/mol. The Balaban J connectivity index is 1.52. The van der Waals surface area contributed by atoms with Crippen molar-refractivity contribution >= 4 is 55.8 Å². The second kappa shape index (κ2) is 11.4. The van der Waals surface area contributed by atoms with Gasteiger partial charge in [-0.2, -0.15) is 5.10 Å². The fourth-order valence-electron chi connectivity index (χ4n) is 4.27. The number of aryl methyl sites for hydroxylation is 1. The first-order chi connectivity index (χ1) is 17.2. The van der Waals surface area contributed by atoms with Crippen LogP contribution in [-0.2, 0) is 16.0 Å². The topological polar surface area (TPSA) is 135 Å². The van der Waals surface area contributed by atoms with Crippen LogP contribution in [0.25, 0.3) is 11.5 Å². The molecule has 2 N–H and O–H groups in total. The quantitative estimate of drug-likeness (QED) is 0.332. The van der Waals surface area contributed by atoms with E-state index in [2.05, 4.69) is 36.0 Å². The van der Waals surface area contributed by atoms with Crippen molar-refractivity contribution in [2.24, 2.45) is 5.92 Å². The van der Waals surface area contributed by atoms with Gasteiger partial charge in [-0.25, -0.2) is 19.4 Å². The molecule has 0 bridgehead atoms. The van der Waals surface area contributed by atoms with Crippen LogP contribution < -0.4 is 4.90 Å². The van der Waals surface area contributed by atoms with E-state index in [1.165, 1.54) is 6.33 Å². The lowest BCUT2D eigenvalue weighted by molar-refractivity contribution is 0.0375. The zero-order chi connectivity index (χ0) is 26.0. The number of hydrogen-bond acceptors (Lipinski definition) is 9. The Morgan fingerprint density at radius 1 is 1.39 bits per heavy atom. The second-order valence-corrected chi connectivity index (χ2v) is 10.6. The summed E-state index contributed by atoms with van der Waals surface area (Å²) in [5.74, 6) is -0.801. The number of carboxylic acids is 1. The van der Waals surface area contributed by atoms with Crippen LogP contribution in [0.4, 0.5) is 5.13 Å². The van der Waals surface area contributed by atoms with Crippen molar-refractivity contribution in [2.75, 3.05) is 38.8 Å². The Labute approximate surface area is 224 Å². The number of aromatic amines is 1. The summed E-state index contributed by atoms with van der Waals surface area (Å²) in [6.45, 7) is 3.74. The molecule has 1 aliphatic rings. The Kier molecular flexibility index (Phi) is 8.45. The summed E-state index contributed by atoms with van der Waals surface area (Å²) in [6.07, 6.45) is 2.08. The molecule has 1 aliphatic heterocycles. The van der Waals surface area contributed by atoms with Crippen molar-refractivity contribution in [3.05, 3.63) is 32.1 Å². The summed E-state index contributed by atoms with van der Waals surface area (Å²) in [4.78, 5) is 39.0. The molecule has 2 atom stereocenters. The van der Waals surface area contributed by atoms with Gasteiger partial charge >= 0.3 is 5.97 Å². The van der Waals surface area contributed by atoms with Gasteiger partial charge in [0.15, 0.2) is 16.7 Å². The van der Waals surface area contributed by atoms with E-state index in [4.69, 9.17) is 21.1 Å². The third-order valence-electron chi connectivity index (χ3n) is 6.19. The number of aromatic nitrogens is 5. The lowest BCUT2D eigenvalue weighted by Gasteiger charge is -2.37. The molecule has 0 unspecified atom stereocenters. The lowest BCUT2D eigenvalue weighted by Crippen LogP contribution is -2.45. The highest BCUT2D eigenvalue weighted by Crippen LogP contribution is 2.36. The SMILES string of the molecule is COCCn1ncnc1-c1nc(N2CC[C@@H](CC(=O)c3[nH]c(C)c(Br)c3Cl)[C@@H](OC)C2)sc1C(=O)O. The van der Waals surface area contributed by atoms with Crippen LogP contribution in [-0.4, -0.2) is 81.6 Å². The zero-order valence-corrected chi connectivity index (χ0v) is 23.1. The largest absolute Gasteiger partial charge is 0.477 e. The van der Waals surface area contributed by atoms with Crippen molar-refractivity contribution in [1.29, 1.82) is 0 Å². The van der Waals surface area contributed by atoms with Crippen molar-refractivity contribution < 1.29 is 24.2 Å². The molecule has 36 heavy (non-hydrogen) atoms. The Bertz CT molecular complexity index is 1260. The molecule has 4 rings (SSSR count). The van der Waals surface area contributed by atoms with Crippen molar-refractivity contribution in [2.45, 2.75) is 32.4 Å². The molecule has 1 fully saturated rings. The van der Waals surface area contributed by atoms with Gasteiger partial charge in [-0.05, 0) is 35.2 Å². The molecule has 1 saturated heterocycles. The number of H-pyrrole nitrogens is 1. The van der Waals surface area contributed by atoms with E-state index in [1.807, 2.05) is 11.8 Å². The number of hydrogen-bond donors (Lipinski definition) is 2. The number of nitrogens with one attached hydrogen (secondary N) is 1. The highest BCUT2D eigenvalue weighted by molar-refractivity contribution is 9.10. The Hall–Kier alpha value is -2.32. The molecular formula is C22H26BrClN6O5S. The first-order valence-corrected chi connectivity index (χ1v) is 13.2. The number of carbonyl (C=O) groups excluding carboxylic acids is 1. The molecule has 0 aromatic carbocycles. The fraction of sp³-hybridized carbons (Fsp3) is 0.500. The number of carbonyl (C=O) groups is 2. The van der Waals surface area contributed by atoms with E-state index in [0.29, 0.717) is 58.8 Å². The van der Waals surface area contributed by atoms with Crippen LogP contribution in [0.2, 0.25) is 5.02 Å². The summed E-state index contributed by atoms with van der Waals surface area (Å²) in [6, 6.07) is 0. The summed E-state index contributed by atoms with van der Waals surface area (Å²) < 4.78 is 13.1. The van der Waals surface area contributed by atoms with E-state index >= 15 is 0 Å². The van der Waals surface area contributed by atoms with E-state index in [1.54, 1.807) is 18.9 Å². The number of ether oxygens (including phenoxy) is 2. The number of anilines is 1. The standard InChI is InChI=1S/C22H26BrClN6O5S/c1-11-15(23)16(24)17(27-11)13(31)8-12-4-5-29(9-14(12)35-3)22-28-18(19(36-22)21(32)33)20-25-10-26-30(20)6-7-34-2/h10,12,14,27H,4-9H2,1-3H3,(H,32,33)/t12-,14-/m0/s1. The van der Waals surface area contributed by atoms with Gasteiger partial charge in [0.1, 0.15) is 22.6 Å². The van der Waals surface area contributed by atoms with Crippen molar-refractivity contribution in [3.8, 4) is 11.5 Å². The molecule has 3 aromatic rings. The number of halogens is 2. The summed E-state index contributed by atoms with van der Waals surface area (Å²) in [7, 11) is 3.19. The second-order valence-electron chi connectivity index (χ2n) is 8.43. The van der Waals surface area contributed by atoms with E-state index in [9.17, 15) is 14.7 Å². The number of aromatic carboxylic acids is 1. The van der Waals surface area contributed by atoms with Gasteiger partial charge in [0.2, 0.25) is 0 Å². The number of rotatable bonds is 10. The molecule has 194 valence electrons. The van der Waals surface area contributed by atoms with Gasteiger partial charge in [0, 0.05) is 39.4 Å². The molecule has 0 radical (unpaired) electrons. The predicted molar refractivity (Wildman–Crippen MR) is 138 cm³/mol. The smallest absolute Gasteiger partial charge is 0.348 e. The van der Waals surface area contributed by atoms with E-state index < -0.39 is 5.97 Å². The van der Waals surface area contributed by atoms with Crippen molar-refractivity contribution in [1.82, 2.24) is 24.7 Å². The summed E-state index contributed by atoms with van der Waals surface area (Å²) >= 11 is 10.8. The van der Waals surface area contributed by atoms with Crippen LogP contribution in [0.15, 0.2) is 10.8 Å². The number of nitrogens with zero attached hydrogens (tertiary/aromatic N) is 5. The molecule has 0 amide bonds. The molecule has 0 spiro atoms. The average molecular weight is 602 g/mol. The number of carboxylic acid groups (broad SMARTS) is 1. The third-order valence-corrected chi connectivity index (χ3v) is 8.90. The van der Waals surface area contributed by atoms with Gasteiger partial charge in [0.25, 0.3) is 0 Å². The maximum atomic E-state index is 13.0. The number of methoxy groups -OCH3 is 2. The minimum absolute atomic E-state index is 0.0206. The highest BCUT2D eigenvalue weighted by Gasteiger charge is 2.34. The molecule has 0 aliphatic carbocycles. The van der Waals surface area contributed by atoms with Gasteiger partial charge in [-0.15, -0.1) is 0 Å². The zero-order valence-electron chi connectivity index (χ0n) is 20.0. The molecule has 14 heteroatoms.